The molecule has 1 unspecified atom stereocenters. The molecule has 0 amide bonds. The fraction of sp³-hybridized carbons (Fsp3) is 0.368. The van der Waals surface area contributed by atoms with Crippen LogP contribution in [0.2, 0.25) is 0 Å². The van der Waals surface area contributed by atoms with Crippen molar-refractivity contribution >= 4 is 16.9 Å². The average Bonchev–Trinajstić information content (AvgIpc) is 3.16. The molecule has 1 fully saturated rings. The number of H-pyrrole nitrogens is 1. The first kappa shape index (κ1) is 15.1. The predicted octanol–water partition coefficient (Wildman–Crippen LogP) is 3.26. The van der Waals surface area contributed by atoms with Gasteiger partial charge in [-0.3, -0.25) is 10.00 Å². The molecule has 0 saturated carbocycles. The summed E-state index contributed by atoms with van der Waals surface area (Å²) in [5.74, 6) is 0.932. The molecule has 0 aliphatic carbocycles. The van der Waals surface area contributed by atoms with E-state index in [4.69, 9.17) is 0 Å². The molecule has 1 aliphatic heterocycles. The van der Waals surface area contributed by atoms with E-state index in [9.17, 15) is 0 Å². The fourth-order valence-electron chi connectivity index (χ4n) is 3.61. The maximum Gasteiger partial charge on any atom is 0.157 e. The van der Waals surface area contributed by atoms with E-state index in [0.29, 0.717) is 6.04 Å². The van der Waals surface area contributed by atoms with Crippen LogP contribution in [-0.2, 0) is 6.54 Å². The van der Waals surface area contributed by atoms with Crippen LogP contribution in [0.1, 0.15) is 23.2 Å². The third-order valence-electron chi connectivity index (χ3n) is 4.72. The van der Waals surface area contributed by atoms with Crippen molar-refractivity contribution in [2.45, 2.75) is 32.9 Å². The topological polar surface area (TPSA) is 56.8 Å². The lowest BCUT2D eigenvalue weighted by molar-refractivity contribution is 0.328. The largest absolute Gasteiger partial charge is 0.364 e. The summed E-state index contributed by atoms with van der Waals surface area (Å²) in [4.78, 5) is 7.03. The van der Waals surface area contributed by atoms with E-state index in [1.807, 2.05) is 6.92 Å². The van der Waals surface area contributed by atoms with Crippen molar-refractivity contribution < 1.29 is 0 Å². The Morgan fingerprint density at radius 3 is 2.92 bits per heavy atom. The molecule has 124 valence electrons. The van der Waals surface area contributed by atoms with Gasteiger partial charge in [0.15, 0.2) is 11.5 Å². The zero-order valence-electron chi connectivity index (χ0n) is 14.2. The molecule has 0 radical (unpaired) electrons. The normalized spacial score (nSPS) is 18.3. The Hall–Kier alpha value is -2.40. The minimum Gasteiger partial charge on any atom is -0.364 e. The second-order valence-corrected chi connectivity index (χ2v) is 6.73. The van der Waals surface area contributed by atoms with Crippen molar-refractivity contribution in [2.75, 3.05) is 18.4 Å². The van der Waals surface area contributed by atoms with Gasteiger partial charge in [0.25, 0.3) is 0 Å². The Kier molecular flexibility index (Phi) is 3.94. The number of aryl methyl sites for hydroxylation is 2. The minimum absolute atomic E-state index is 0.431. The number of nitrogens with zero attached hydrogens (tertiary/aromatic N) is 3. The molecular weight excluding hydrogens is 298 g/mol. The highest BCUT2D eigenvalue weighted by Gasteiger charge is 2.24. The van der Waals surface area contributed by atoms with Gasteiger partial charge in [-0.1, -0.05) is 30.3 Å². The molecule has 2 aromatic heterocycles. The van der Waals surface area contributed by atoms with Crippen molar-refractivity contribution in [1.82, 2.24) is 20.1 Å². The van der Waals surface area contributed by atoms with Gasteiger partial charge < -0.3 is 5.32 Å². The average molecular weight is 321 g/mol. The molecule has 0 bridgehead atoms. The lowest BCUT2D eigenvalue weighted by Crippen LogP contribution is -2.26. The second kappa shape index (κ2) is 6.24. The Labute approximate surface area is 142 Å². The van der Waals surface area contributed by atoms with Crippen LogP contribution in [-0.4, -0.2) is 39.2 Å². The van der Waals surface area contributed by atoms with Crippen LogP contribution < -0.4 is 5.32 Å². The van der Waals surface area contributed by atoms with Gasteiger partial charge in [0.1, 0.15) is 0 Å². The summed E-state index contributed by atoms with van der Waals surface area (Å²) in [6.45, 7) is 7.31. The van der Waals surface area contributed by atoms with Crippen LogP contribution in [0.3, 0.4) is 0 Å². The highest BCUT2D eigenvalue weighted by molar-refractivity contribution is 5.90. The fourth-order valence-corrected chi connectivity index (χ4v) is 3.61. The molecule has 24 heavy (non-hydrogen) atoms. The van der Waals surface area contributed by atoms with Gasteiger partial charge in [0.2, 0.25) is 0 Å². The zero-order chi connectivity index (χ0) is 16.5. The second-order valence-electron chi connectivity index (χ2n) is 6.73. The van der Waals surface area contributed by atoms with E-state index >= 15 is 0 Å². The first-order chi connectivity index (χ1) is 11.7. The molecule has 0 spiro atoms. The summed E-state index contributed by atoms with van der Waals surface area (Å²) >= 11 is 0. The molecule has 4 rings (SSSR count). The number of rotatable bonds is 4. The van der Waals surface area contributed by atoms with E-state index in [2.05, 4.69) is 68.7 Å². The van der Waals surface area contributed by atoms with E-state index in [1.54, 1.807) is 0 Å². The molecule has 2 N–H and O–H groups in total. The Morgan fingerprint density at radius 1 is 1.25 bits per heavy atom. The van der Waals surface area contributed by atoms with E-state index in [1.165, 1.54) is 11.1 Å². The van der Waals surface area contributed by atoms with Gasteiger partial charge in [0.05, 0.1) is 5.39 Å². The number of nitrogens with one attached hydrogen (secondary N) is 2. The van der Waals surface area contributed by atoms with Crippen LogP contribution >= 0.6 is 0 Å². The first-order valence-electron chi connectivity index (χ1n) is 8.54. The van der Waals surface area contributed by atoms with E-state index in [0.717, 1.165) is 48.6 Å². The maximum atomic E-state index is 4.53. The van der Waals surface area contributed by atoms with Gasteiger partial charge in [0, 0.05) is 31.4 Å². The smallest absolute Gasteiger partial charge is 0.157 e. The van der Waals surface area contributed by atoms with Crippen molar-refractivity contribution in [3.8, 4) is 0 Å². The Morgan fingerprint density at radius 2 is 2.08 bits per heavy atom. The Balaban J connectivity index is 1.45. The molecule has 3 aromatic rings. The van der Waals surface area contributed by atoms with Gasteiger partial charge in [-0.2, -0.15) is 5.10 Å². The van der Waals surface area contributed by atoms with Crippen LogP contribution in [0.4, 0.5) is 5.82 Å². The number of aromatic nitrogens is 3. The molecule has 1 atom stereocenters. The molecule has 1 saturated heterocycles. The Bertz CT molecular complexity index is 840. The van der Waals surface area contributed by atoms with Gasteiger partial charge >= 0.3 is 0 Å². The first-order valence-corrected chi connectivity index (χ1v) is 8.54. The number of hydrogen-bond donors (Lipinski definition) is 2. The third-order valence-corrected chi connectivity index (χ3v) is 4.72. The quantitative estimate of drug-likeness (QED) is 0.774. The summed E-state index contributed by atoms with van der Waals surface area (Å²) < 4.78 is 0. The molecular formula is C19H23N5. The number of anilines is 1. The molecule has 1 aromatic carbocycles. The number of fused-ring (bicyclic) bond motifs is 1. The standard InChI is InChI=1S/C19H23N5/c1-13-10-14(2)20-18-17(13)19(23-22-18)21-16-8-9-24(12-16)11-15-6-4-3-5-7-15/h3-7,10,16H,8-9,11-12H2,1-2H3,(H2,20,21,22,23). The molecule has 5 nitrogen and oxygen atoms in total. The van der Waals surface area contributed by atoms with Crippen LogP contribution in [0, 0.1) is 13.8 Å². The van der Waals surface area contributed by atoms with Crippen LogP contribution in [0.5, 0.6) is 0 Å². The highest BCUT2D eigenvalue weighted by atomic mass is 15.2. The third kappa shape index (κ3) is 2.99. The van der Waals surface area contributed by atoms with Gasteiger partial charge in [-0.05, 0) is 37.5 Å². The summed E-state index contributed by atoms with van der Waals surface area (Å²) in [6.07, 6.45) is 1.14. The van der Waals surface area contributed by atoms with Gasteiger partial charge in [-0.15, -0.1) is 0 Å². The minimum atomic E-state index is 0.431. The van der Waals surface area contributed by atoms with Crippen molar-refractivity contribution in [1.29, 1.82) is 0 Å². The lowest BCUT2D eigenvalue weighted by Gasteiger charge is -2.17. The maximum absolute atomic E-state index is 4.53. The number of benzene rings is 1. The molecule has 3 heterocycles. The summed E-state index contributed by atoms with van der Waals surface area (Å²) in [6, 6.07) is 13.2. The summed E-state index contributed by atoms with van der Waals surface area (Å²) in [5, 5.41) is 12.2. The van der Waals surface area contributed by atoms with E-state index < -0.39 is 0 Å². The number of aromatic amines is 1. The number of hydrogen-bond acceptors (Lipinski definition) is 4. The molecule has 5 heteroatoms. The van der Waals surface area contributed by atoms with Crippen LogP contribution in [0.25, 0.3) is 11.0 Å². The van der Waals surface area contributed by atoms with Crippen molar-refractivity contribution in [2.24, 2.45) is 0 Å². The number of pyridine rings is 1. The summed E-state index contributed by atoms with van der Waals surface area (Å²) in [7, 11) is 0. The van der Waals surface area contributed by atoms with Crippen LogP contribution in [0.15, 0.2) is 36.4 Å². The highest BCUT2D eigenvalue weighted by Crippen LogP contribution is 2.26. The summed E-state index contributed by atoms with van der Waals surface area (Å²) in [5.41, 5.74) is 4.48. The zero-order valence-corrected chi connectivity index (χ0v) is 14.2. The molecule has 1 aliphatic rings. The monoisotopic (exact) mass is 321 g/mol. The predicted molar refractivity (Wildman–Crippen MR) is 97.1 cm³/mol. The lowest BCUT2D eigenvalue weighted by atomic mass is 10.1. The van der Waals surface area contributed by atoms with Gasteiger partial charge in [-0.25, -0.2) is 4.98 Å². The van der Waals surface area contributed by atoms with Crippen molar-refractivity contribution in [3.05, 3.63) is 53.2 Å². The SMILES string of the molecule is Cc1cc(C)c2c(NC3CCN(Cc4ccccc4)C3)n[nH]c2n1. The van der Waals surface area contributed by atoms with Crippen molar-refractivity contribution in [3.63, 3.8) is 0 Å². The number of likely N-dealkylation sites (tertiary alicyclic amines) is 1. The van der Waals surface area contributed by atoms with E-state index in [-0.39, 0.29) is 0 Å².